The lowest BCUT2D eigenvalue weighted by Gasteiger charge is -2.06. The average Bonchev–Trinajstić information content (AvgIpc) is 2.60. The van der Waals surface area contributed by atoms with E-state index in [0.717, 1.165) is 11.3 Å². The number of hydrazone groups is 1. The lowest BCUT2D eigenvalue weighted by atomic mass is 10.1. The summed E-state index contributed by atoms with van der Waals surface area (Å²) in [6, 6.07) is 10.4. The van der Waals surface area contributed by atoms with Gasteiger partial charge in [0, 0.05) is 0 Å². The summed E-state index contributed by atoms with van der Waals surface area (Å²) in [5.41, 5.74) is 3.88. The number of amides is 1. The molecule has 0 aliphatic rings. The quantitative estimate of drug-likeness (QED) is 0.585. The molecule has 0 unspecified atom stereocenters. The number of carbonyl (C=O) groups excluding carboxylic acids is 1. The maximum atomic E-state index is 11.9. The molecule has 132 valence electrons. The first-order chi connectivity index (χ1) is 12.0. The molecule has 0 bridgehead atoms. The molecule has 0 saturated carbocycles. The Morgan fingerprint density at radius 1 is 1.32 bits per heavy atom. The van der Waals surface area contributed by atoms with E-state index in [1.807, 2.05) is 31.2 Å². The maximum absolute atomic E-state index is 11.9. The van der Waals surface area contributed by atoms with Gasteiger partial charge in [0.2, 0.25) is 5.91 Å². The van der Waals surface area contributed by atoms with Gasteiger partial charge in [-0.05, 0) is 42.3 Å². The zero-order valence-corrected chi connectivity index (χ0v) is 14.7. The van der Waals surface area contributed by atoms with Gasteiger partial charge in [-0.3, -0.25) is 4.79 Å². The maximum Gasteiger partial charge on any atom is 0.244 e. The molecule has 1 amide bonds. The highest BCUT2D eigenvalue weighted by atomic mass is 35.5. The number of methoxy groups -OCH3 is 1. The summed E-state index contributed by atoms with van der Waals surface area (Å²) in [7, 11) is 1.42. The van der Waals surface area contributed by atoms with E-state index in [2.05, 4.69) is 10.5 Å². The van der Waals surface area contributed by atoms with Gasteiger partial charge in [0.25, 0.3) is 0 Å². The number of nitrogens with one attached hydrogen (secondary N) is 1. The summed E-state index contributed by atoms with van der Waals surface area (Å²) in [5, 5.41) is 13.7. The van der Waals surface area contributed by atoms with Crippen molar-refractivity contribution in [2.24, 2.45) is 5.10 Å². The molecule has 0 atom stereocenters. The average molecular weight is 363 g/mol. The smallest absolute Gasteiger partial charge is 0.244 e. The van der Waals surface area contributed by atoms with Gasteiger partial charge in [0.05, 0.1) is 31.4 Å². The summed E-state index contributed by atoms with van der Waals surface area (Å²) in [5.74, 6) is 0.607. The molecule has 2 N–H and O–H groups in total. The number of carbonyl (C=O) groups is 1. The van der Waals surface area contributed by atoms with Crippen molar-refractivity contribution in [2.45, 2.75) is 13.3 Å². The second-order valence-corrected chi connectivity index (χ2v) is 5.51. The summed E-state index contributed by atoms with van der Waals surface area (Å²) in [6.07, 6.45) is 1.62. The van der Waals surface area contributed by atoms with Gasteiger partial charge < -0.3 is 14.6 Å². The van der Waals surface area contributed by atoms with Gasteiger partial charge >= 0.3 is 0 Å². The number of benzene rings is 2. The first-order valence-corrected chi connectivity index (χ1v) is 8.01. The van der Waals surface area contributed by atoms with E-state index in [0.29, 0.717) is 12.2 Å². The van der Waals surface area contributed by atoms with Gasteiger partial charge in [0.1, 0.15) is 5.75 Å². The standard InChI is InChI=1S/C18H19ClN2O4/c1-3-25-14-6-4-12(5-7-14)10-17(22)21-20-11-13-8-15(19)18(23)16(9-13)24-2/h4-9,11,23H,3,10H2,1-2H3,(H,21,22)/b20-11+. The van der Waals surface area contributed by atoms with Gasteiger partial charge in [0.15, 0.2) is 11.5 Å². The largest absolute Gasteiger partial charge is 0.503 e. The third kappa shape index (κ3) is 5.39. The number of halogens is 1. The Morgan fingerprint density at radius 3 is 2.68 bits per heavy atom. The van der Waals surface area contributed by atoms with Crippen LogP contribution in [-0.4, -0.2) is 30.9 Å². The molecule has 2 aromatic rings. The first kappa shape index (κ1) is 18.6. The molecule has 0 radical (unpaired) electrons. The highest BCUT2D eigenvalue weighted by molar-refractivity contribution is 6.32. The molecular formula is C18H19ClN2O4. The monoisotopic (exact) mass is 362 g/mol. The molecule has 0 spiro atoms. The molecule has 0 aromatic heterocycles. The van der Waals surface area contributed by atoms with Crippen LogP contribution in [0.3, 0.4) is 0 Å². The molecule has 0 aliphatic carbocycles. The first-order valence-electron chi connectivity index (χ1n) is 7.63. The van der Waals surface area contributed by atoms with Crippen LogP contribution in [-0.2, 0) is 11.2 Å². The minimum Gasteiger partial charge on any atom is -0.503 e. The van der Waals surface area contributed by atoms with E-state index in [9.17, 15) is 9.90 Å². The Bertz CT molecular complexity index is 760. The minimum atomic E-state index is -0.253. The predicted molar refractivity (Wildman–Crippen MR) is 96.7 cm³/mol. The molecule has 7 heteroatoms. The van der Waals surface area contributed by atoms with Crippen LogP contribution in [0.1, 0.15) is 18.1 Å². The minimum absolute atomic E-state index is 0.138. The molecule has 0 aliphatic heterocycles. The van der Waals surface area contributed by atoms with Crippen molar-refractivity contribution >= 4 is 23.7 Å². The fourth-order valence-electron chi connectivity index (χ4n) is 2.10. The number of rotatable bonds is 7. The second-order valence-electron chi connectivity index (χ2n) is 5.10. The van der Waals surface area contributed by atoms with Gasteiger partial charge in [-0.2, -0.15) is 5.10 Å². The Kier molecular flexibility index (Phi) is 6.65. The van der Waals surface area contributed by atoms with E-state index in [-0.39, 0.29) is 28.8 Å². The predicted octanol–water partition coefficient (Wildman–Crippen LogP) is 3.15. The number of nitrogens with zero attached hydrogens (tertiary/aromatic N) is 1. The molecular weight excluding hydrogens is 344 g/mol. The SMILES string of the molecule is CCOc1ccc(CC(=O)N/N=C/c2cc(Cl)c(O)c(OC)c2)cc1. The lowest BCUT2D eigenvalue weighted by Crippen LogP contribution is -2.19. The van der Waals surface area contributed by atoms with E-state index in [1.54, 1.807) is 6.07 Å². The number of aromatic hydroxyl groups is 1. The fourth-order valence-corrected chi connectivity index (χ4v) is 2.32. The van der Waals surface area contributed by atoms with Crippen LogP contribution in [0.2, 0.25) is 5.02 Å². The van der Waals surface area contributed by atoms with E-state index < -0.39 is 0 Å². The van der Waals surface area contributed by atoms with Crippen molar-refractivity contribution in [3.8, 4) is 17.2 Å². The van der Waals surface area contributed by atoms with E-state index in [4.69, 9.17) is 21.1 Å². The van der Waals surface area contributed by atoms with Crippen molar-refractivity contribution in [2.75, 3.05) is 13.7 Å². The number of phenols is 1. The van der Waals surface area contributed by atoms with Crippen LogP contribution >= 0.6 is 11.6 Å². The Labute approximate surface area is 151 Å². The molecule has 2 aromatic carbocycles. The Hall–Kier alpha value is -2.73. The number of hydrogen-bond acceptors (Lipinski definition) is 5. The fraction of sp³-hybridized carbons (Fsp3) is 0.222. The van der Waals surface area contributed by atoms with Crippen molar-refractivity contribution < 1.29 is 19.4 Å². The Morgan fingerprint density at radius 2 is 2.04 bits per heavy atom. The molecule has 0 heterocycles. The van der Waals surface area contributed by atoms with Gasteiger partial charge in [-0.15, -0.1) is 0 Å². The molecule has 25 heavy (non-hydrogen) atoms. The third-order valence-corrected chi connectivity index (χ3v) is 3.56. The van der Waals surface area contributed by atoms with Gasteiger partial charge in [-0.1, -0.05) is 23.7 Å². The van der Waals surface area contributed by atoms with Crippen molar-refractivity contribution in [1.82, 2.24) is 5.43 Å². The van der Waals surface area contributed by atoms with Crippen LogP contribution in [0.15, 0.2) is 41.5 Å². The van der Waals surface area contributed by atoms with Crippen molar-refractivity contribution in [3.05, 3.63) is 52.5 Å². The summed E-state index contributed by atoms with van der Waals surface area (Å²) in [4.78, 5) is 11.9. The van der Waals surface area contributed by atoms with Crippen LogP contribution in [0, 0.1) is 0 Å². The number of ether oxygens (including phenoxy) is 2. The van der Waals surface area contributed by atoms with Gasteiger partial charge in [-0.25, -0.2) is 5.43 Å². The van der Waals surface area contributed by atoms with E-state index >= 15 is 0 Å². The third-order valence-electron chi connectivity index (χ3n) is 3.27. The summed E-state index contributed by atoms with van der Waals surface area (Å²) < 4.78 is 10.4. The Balaban J connectivity index is 1.93. The molecule has 0 fully saturated rings. The number of phenolic OH excluding ortho intramolecular Hbond substituents is 1. The highest BCUT2D eigenvalue weighted by Crippen LogP contribution is 2.34. The molecule has 2 rings (SSSR count). The van der Waals surface area contributed by atoms with Crippen LogP contribution < -0.4 is 14.9 Å². The summed E-state index contributed by atoms with van der Waals surface area (Å²) >= 11 is 5.89. The van der Waals surface area contributed by atoms with Crippen LogP contribution in [0.25, 0.3) is 0 Å². The van der Waals surface area contributed by atoms with Crippen molar-refractivity contribution in [3.63, 3.8) is 0 Å². The van der Waals surface area contributed by atoms with E-state index in [1.165, 1.54) is 19.4 Å². The van der Waals surface area contributed by atoms with Crippen molar-refractivity contribution in [1.29, 1.82) is 0 Å². The molecule has 0 saturated heterocycles. The zero-order chi connectivity index (χ0) is 18.2. The zero-order valence-electron chi connectivity index (χ0n) is 14.0. The topological polar surface area (TPSA) is 80.2 Å². The van der Waals surface area contributed by atoms with Crippen LogP contribution in [0.4, 0.5) is 0 Å². The lowest BCUT2D eigenvalue weighted by molar-refractivity contribution is -0.120. The van der Waals surface area contributed by atoms with Crippen LogP contribution in [0.5, 0.6) is 17.2 Å². The number of hydrogen-bond donors (Lipinski definition) is 2. The second kappa shape index (κ2) is 8.94. The normalized spacial score (nSPS) is 10.7. The molecule has 6 nitrogen and oxygen atoms in total. The highest BCUT2D eigenvalue weighted by Gasteiger charge is 2.08. The summed E-state index contributed by atoms with van der Waals surface area (Å²) in [6.45, 7) is 2.51.